The van der Waals surface area contributed by atoms with Crippen LogP contribution in [0.2, 0.25) is 0 Å². The Morgan fingerprint density at radius 3 is 2.29 bits per heavy atom. The second kappa shape index (κ2) is 6.30. The van der Waals surface area contributed by atoms with Crippen LogP contribution in [0.3, 0.4) is 0 Å². The summed E-state index contributed by atoms with van der Waals surface area (Å²) in [4.78, 5) is 16.2. The van der Waals surface area contributed by atoms with Crippen LogP contribution in [0, 0.1) is 11.6 Å². The molecule has 1 N–H and O–H groups in total. The van der Waals surface area contributed by atoms with Crippen molar-refractivity contribution < 1.29 is 18.7 Å². The molecule has 0 aliphatic heterocycles. The van der Waals surface area contributed by atoms with Gasteiger partial charge in [0.25, 0.3) is 0 Å². The van der Waals surface area contributed by atoms with Gasteiger partial charge in [0.2, 0.25) is 0 Å². The van der Waals surface area contributed by atoms with Gasteiger partial charge in [-0.2, -0.15) is 0 Å². The molecule has 1 aromatic carbocycles. The van der Waals surface area contributed by atoms with Crippen LogP contribution in [0.25, 0.3) is 0 Å². The van der Waals surface area contributed by atoms with Crippen molar-refractivity contribution in [3.05, 3.63) is 59.4 Å². The number of halogens is 2. The number of hydrogen-bond acceptors (Lipinski definition) is 3. The number of aromatic carboxylic acids is 1. The predicted octanol–water partition coefficient (Wildman–Crippen LogP) is 3.08. The first-order valence-electron chi connectivity index (χ1n) is 6.39. The molecule has 2 rings (SSSR count). The first-order chi connectivity index (χ1) is 10.0. The molecule has 0 aliphatic rings. The fraction of sp³-hybridized carbons (Fsp3) is 0.200. The quantitative estimate of drug-likeness (QED) is 0.920. The molecule has 110 valence electrons. The molecule has 0 saturated carbocycles. The Labute approximate surface area is 120 Å². The van der Waals surface area contributed by atoms with Gasteiger partial charge in [-0.05, 0) is 36.8 Å². The standard InChI is InChI=1S/C15H14F2N2O2/c1-2-19(9-10-3-5-18-6-4-10)14-12(16)7-11(15(20)21)8-13(14)17/h3-8H,2,9H2,1H3,(H,20,21). The minimum absolute atomic E-state index is 0.223. The highest BCUT2D eigenvalue weighted by molar-refractivity contribution is 5.88. The van der Waals surface area contributed by atoms with Crippen LogP contribution in [0.15, 0.2) is 36.7 Å². The molecule has 1 aromatic heterocycles. The van der Waals surface area contributed by atoms with Crippen molar-refractivity contribution in [2.24, 2.45) is 0 Å². The molecule has 0 amide bonds. The Hall–Kier alpha value is -2.50. The molecular weight excluding hydrogens is 278 g/mol. The minimum atomic E-state index is -1.36. The zero-order chi connectivity index (χ0) is 15.4. The van der Waals surface area contributed by atoms with Crippen LogP contribution in [0.5, 0.6) is 0 Å². The lowest BCUT2D eigenvalue weighted by Gasteiger charge is -2.24. The maximum atomic E-state index is 14.1. The highest BCUT2D eigenvalue weighted by atomic mass is 19.1. The Morgan fingerprint density at radius 2 is 1.81 bits per heavy atom. The number of carbonyl (C=O) groups is 1. The first-order valence-corrected chi connectivity index (χ1v) is 6.39. The molecule has 0 saturated heterocycles. The van der Waals surface area contributed by atoms with Crippen molar-refractivity contribution in [2.45, 2.75) is 13.5 Å². The van der Waals surface area contributed by atoms with Crippen LogP contribution in [0.4, 0.5) is 14.5 Å². The van der Waals surface area contributed by atoms with E-state index in [1.165, 1.54) is 4.90 Å². The summed E-state index contributed by atoms with van der Waals surface area (Å²) in [6.07, 6.45) is 3.20. The molecule has 0 unspecified atom stereocenters. The van der Waals surface area contributed by atoms with Crippen molar-refractivity contribution in [3.63, 3.8) is 0 Å². The average molecular weight is 292 g/mol. The normalized spacial score (nSPS) is 10.4. The Bertz CT molecular complexity index is 624. The zero-order valence-corrected chi connectivity index (χ0v) is 11.4. The summed E-state index contributed by atoms with van der Waals surface area (Å²) in [7, 11) is 0. The number of hydrogen-bond donors (Lipinski definition) is 1. The Morgan fingerprint density at radius 1 is 1.24 bits per heavy atom. The lowest BCUT2D eigenvalue weighted by Crippen LogP contribution is -2.24. The monoisotopic (exact) mass is 292 g/mol. The van der Waals surface area contributed by atoms with Gasteiger partial charge in [0, 0.05) is 25.5 Å². The third-order valence-electron chi connectivity index (χ3n) is 3.08. The SMILES string of the molecule is CCN(Cc1ccncc1)c1c(F)cc(C(=O)O)cc1F. The van der Waals surface area contributed by atoms with E-state index in [4.69, 9.17) is 5.11 Å². The lowest BCUT2D eigenvalue weighted by atomic mass is 10.1. The van der Waals surface area contributed by atoms with Gasteiger partial charge in [0.1, 0.15) is 17.3 Å². The van der Waals surface area contributed by atoms with Gasteiger partial charge in [-0.3, -0.25) is 4.98 Å². The summed E-state index contributed by atoms with van der Waals surface area (Å²) in [5.41, 5.74) is 0.223. The molecule has 0 atom stereocenters. The van der Waals surface area contributed by atoms with E-state index in [-0.39, 0.29) is 5.69 Å². The molecule has 6 heteroatoms. The summed E-state index contributed by atoms with van der Waals surface area (Å²) in [5.74, 6) is -3.14. The van der Waals surface area contributed by atoms with Crippen LogP contribution in [0.1, 0.15) is 22.8 Å². The van der Waals surface area contributed by atoms with E-state index in [9.17, 15) is 13.6 Å². The number of nitrogens with zero attached hydrogens (tertiary/aromatic N) is 2. The van der Waals surface area contributed by atoms with Crippen molar-refractivity contribution in [1.82, 2.24) is 4.98 Å². The Balaban J connectivity index is 2.36. The summed E-state index contributed by atoms with van der Waals surface area (Å²) in [6.45, 7) is 2.45. The van der Waals surface area contributed by atoms with Crippen molar-refractivity contribution in [3.8, 4) is 0 Å². The smallest absolute Gasteiger partial charge is 0.335 e. The van der Waals surface area contributed by atoms with E-state index >= 15 is 0 Å². The number of pyridine rings is 1. The second-order valence-corrected chi connectivity index (χ2v) is 4.46. The zero-order valence-electron chi connectivity index (χ0n) is 11.4. The van der Waals surface area contributed by atoms with Crippen molar-refractivity contribution in [1.29, 1.82) is 0 Å². The molecule has 0 fully saturated rings. The van der Waals surface area contributed by atoms with E-state index in [1.807, 2.05) is 0 Å². The first kappa shape index (κ1) is 14.9. The second-order valence-electron chi connectivity index (χ2n) is 4.46. The van der Waals surface area contributed by atoms with Crippen molar-refractivity contribution >= 4 is 11.7 Å². The minimum Gasteiger partial charge on any atom is -0.478 e. The average Bonchev–Trinajstić information content (AvgIpc) is 2.46. The van der Waals surface area contributed by atoms with Gasteiger partial charge < -0.3 is 10.0 Å². The molecule has 21 heavy (non-hydrogen) atoms. The van der Waals surface area contributed by atoms with Crippen molar-refractivity contribution in [2.75, 3.05) is 11.4 Å². The van der Waals surface area contributed by atoms with Crippen LogP contribution < -0.4 is 4.90 Å². The molecule has 0 radical (unpaired) electrons. The fourth-order valence-electron chi connectivity index (χ4n) is 2.05. The molecular formula is C15H14F2N2O2. The molecule has 0 spiro atoms. The topological polar surface area (TPSA) is 53.4 Å². The van der Waals surface area contributed by atoms with E-state index in [0.717, 1.165) is 17.7 Å². The number of aromatic nitrogens is 1. The van der Waals surface area contributed by atoms with E-state index in [0.29, 0.717) is 13.1 Å². The molecule has 2 aromatic rings. The number of carboxylic acid groups (broad SMARTS) is 1. The molecule has 0 bridgehead atoms. The highest BCUT2D eigenvalue weighted by Gasteiger charge is 2.19. The highest BCUT2D eigenvalue weighted by Crippen LogP contribution is 2.26. The van der Waals surface area contributed by atoms with Gasteiger partial charge in [-0.15, -0.1) is 0 Å². The Kier molecular flexibility index (Phi) is 4.47. The number of anilines is 1. The molecule has 1 heterocycles. The van der Waals surface area contributed by atoms with E-state index in [1.54, 1.807) is 31.5 Å². The van der Waals surface area contributed by atoms with Crippen LogP contribution in [-0.2, 0) is 6.54 Å². The summed E-state index contributed by atoms with van der Waals surface area (Å²) in [6, 6.07) is 5.17. The van der Waals surface area contributed by atoms with Gasteiger partial charge >= 0.3 is 5.97 Å². The van der Waals surface area contributed by atoms with Gasteiger partial charge in [-0.25, -0.2) is 13.6 Å². The number of rotatable bonds is 5. The van der Waals surface area contributed by atoms with Crippen LogP contribution >= 0.6 is 0 Å². The predicted molar refractivity (Wildman–Crippen MR) is 74.3 cm³/mol. The largest absolute Gasteiger partial charge is 0.478 e. The maximum Gasteiger partial charge on any atom is 0.335 e. The third kappa shape index (κ3) is 3.34. The van der Waals surface area contributed by atoms with Gasteiger partial charge in [-0.1, -0.05) is 0 Å². The molecule has 0 aliphatic carbocycles. The van der Waals surface area contributed by atoms with E-state index in [2.05, 4.69) is 4.98 Å². The maximum absolute atomic E-state index is 14.1. The summed E-state index contributed by atoms with van der Waals surface area (Å²) < 4.78 is 28.1. The number of carboxylic acids is 1. The fourth-order valence-corrected chi connectivity index (χ4v) is 2.05. The van der Waals surface area contributed by atoms with Crippen LogP contribution in [-0.4, -0.2) is 22.6 Å². The third-order valence-corrected chi connectivity index (χ3v) is 3.08. The summed E-state index contributed by atoms with van der Waals surface area (Å²) >= 11 is 0. The number of benzene rings is 1. The van der Waals surface area contributed by atoms with E-state index < -0.39 is 23.2 Å². The van der Waals surface area contributed by atoms with Gasteiger partial charge in [0.15, 0.2) is 0 Å². The molecule has 4 nitrogen and oxygen atoms in total. The summed E-state index contributed by atoms with van der Waals surface area (Å²) in [5, 5.41) is 8.80. The van der Waals surface area contributed by atoms with Gasteiger partial charge in [0.05, 0.1) is 5.56 Å². The lowest BCUT2D eigenvalue weighted by molar-refractivity contribution is 0.0695.